The van der Waals surface area contributed by atoms with Gasteiger partial charge in [-0.1, -0.05) is 48.5 Å². The maximum absolute atomic E-state index is 13.1. The van der Waals surface area contributed by atoms with Gasteiger partial charge in [-0.3, -0.25) is 9.59 Å². The smallest absolute Gasteiger partial charge is 0.335 e. The fraction of sp³-hybridized carbons (Fsp3) is 0.182. The Hall–Kier alpha value is -4.28. The van der Waals surface area contributed by atoms with Crippen LogP contribution in [0, 0.1) is 0 Å². The number of carboxylic acid groups (broad SMARTS) is 1. The van der Waals surface area contributed by atoms with Gasteiger partial charge in [0.25, 0.3) is 11.8 Å². The number of amides is 2. The van der Waals surface area contributed by atoms with E-state index in [2.05, 4.69) is 0 Å². The fourth-order valence-electron chi connectivity index (χ4n) is 5.14. The maximum atomic E-state index is 13.1. The minimum absolute atomic E-state index is 0.0535. The number of anilines is 1. The molecule has 1 saturated heterocycles. The van der Waals surface area contributed by atoms with Crippen LogP contribution >= 0.6 is 11.8 Å². The predicted molar refractivity (Wildman–Crippen MR) is 157 cm³/mol. The third kappa shape index (κ3) is 5.60. The topological polar surface area (TPSA) is 113 Å². The molecule has 6 rings (SSSR count). The number of imide groups is 1. The number of rotatable bonds is 8. The monoisotopic (exact) mass is 581 g/mol. The number of ether oxygens (including phenoxy) is 2. The summed E-state index contributed by atoms with van der Waals surface area (Å²) in [5.74, 6) is -1.12. The highest BCUT2D eigenvalue weighted by Gasteiger charge is 2.37. The van der Waals surface area contributed by atoms with Gasteiger partial charge in [0.2, 0.25) is 0 Å². The summed E-state index contributed by atoms with van der Waals surface area (Å²) in [4.78, 5) is 39.5. The summed E-state index contributed by atoms with van der Waals surface area (Å²) >= 11 is 1.56. The molecule has 9 heteroatoms. The molecule has 0 radical (unpaired) electrons. The van der Waals surface area contributed by atoms with Crippen LogP contribution in [-0.4, -0.2) is 39.9 Å². The Morgan fingerprint density at radius 1 is 0.833 bits per heavy atom. The Balaban J connectivity index is 1.25. The average Bonchev–Trinajstić information content (AvgIpc) is 3.29. The van der Waals surface area contributed by atoms with Crippen LogP contribution in [0.1, 0.15) is 66.6 Å². The zero-order valence-electron chi connectivity index (χ0n) is 22.4. The first kappa shape index (κ1) is 27.9. The van der Waals surface area contributed by atoms with Crippen molar-refractivity contribution in [3.63, 3.8) is 0 Å². The zero-order chi connectivity index (χ0) is 29.2. The number of aliphatic hydroxyl groups is 1. The molecule has 2 heterocycles. The largest absolute Gasteiger partial charge is 0.478 e. The van der Waals surface area contributed by atoms with Crippen molar-refractivity contribution in [2.24, 2.45) is 0 Å². The van der Waals surface area contributed by atoms with Crippen molar-refractivity contribution in [3.8, 4) is 0 Å². The van der Waals surface area contributed by atoms with Gasteiger partial charge < -0.3 is 19.7 Å². The standard InChI is InChI=1S/C33H27NO7S/c35-18-20-8-10-21(11-9-20)29-17-25(19-42-26-14-12-22(13-15-26)32(38)39)40-33(41-29)23-4-3-5-24(16-23)34-30(36)27-6-1-2-7-28(27)31(34)37/h1-16,25,29,33,35H,17-19H2,(H,38,39)/t25-,29+,33+/m0/s1. The molecule has 4 aromatic rings. The minimum Gasteiger partial charge on any atom is -0.478 e. The molecule has 2 amide bonds. The second kappa shape index (κ2) is 11.9. The molecule has 1 fully saturated rings. The molecule has 2 aliphatic rings. The lowest BCUT2D eigenvalue weighted by atomic mass is 10.0. The quantitative estimate of drug-likeness (QED) is 0.192. The molecule has 42 heavy (non-hydrogen) atoms. The van der Waals surface area contributed by atoms with E-state index in [9.17, 15) is 24.6 Å². The van der Waals surface area contributed by atoms with E-state index in [1.165, 1.54) is 4.90 Å². The fourth-order valence-corrected chi connectivity index (χ4v) is 6.06. The highest BCUT2D eigenvalue weighted by molar-refractivity contribution is 7.99. The Morgan fingerprint density at radius 2 is 1.52 bits per heavy atom. The molecule has 0 unspecified atom stereocenters. The highest BCUT2D eigenvalue weighted by Crippen LogP contribution is 2.40. The van der Waals surface area contributed by atoms with Crippen LogP contribution in [0.2, 0.25) is 0 Å². The number of thioether (sulfide) groups is 1. The van der Waals surface area contributed by atoms with E-state index < -0.39 is 12.3 Å². The number of nitrogens with zero attached hydrogens (tertiary/aromatic N) is 1. The van der Waals surface area contributed by atoms with Crippen LogP contribution in [0.15, 0.2) is 102 Å². The van der Waals surface area contributed by atoms with Crippen LogP contribution in [0.5, 0.6) is 0 Å². The van der Waals surface area contributed by atoms with Gasteiger partial charge in [0.05, 0.1) is 41.2 Å². The Bertz CT molecular complexity index is 1600. The van der Waals surface area contributed by atoms with Crippen molar-refractivity contribution in [3.05, 3.63) is 130 Å². The van der Waals surface area contributed by atoms with Gasteiger partial charge in [-0.15, -0.1) is 11.8 Å². The van der Waals surface area contributed by atoms with E-state index in [-0.39, 0.29) is 36.2 Å². The second-order valence-corrected chi connectivity index (χ2v) is 11.2. The first-order valence-corrected chi connectivity index (χ1v) is 14.4. The molecule has 0 aliphatic carbocycles. The summed E-state index contributed by atoms with van der Waals surface area (Å²) in [6.45, 7) is -0.0535. The number of aliphatic hydroxyl groups excluding tert-OH is 1. The zero-order valence-corrected chi connectivity index (χ0v) is 23.2. The lowest BCUT2D eigenvalue weighted by Crippen LogP contribution is -2.32. The molecule has 4 aromatic carbocycles. The van der Waals surface area contributed by atoms with Crippen LogP contribution in [0.4, 0.5) is 5.69 Å². The van der Waals surface area contributed by atoms with E-state index in [1.807, 2.05) is 30.3 Å². The third-order valence-corrected chi connectivity index (χ3v) is 8.49. The van der Waals surface area contributed by atoms with Crippen molar-refractivity contribution < 1.29 is 34.1 Å². The molecular formula is C33H27NO7S. The van der Waals surface area contributed by atoms with Crippen molar-refractivity contribution in [2.45, 2.75) is 36.4 Å². The van der Waals surface area contributed by atoms with E-state index in [0.717, 1.165) is 16.0 Å². The number of hydrogen-bond donors (Lipinski definition) is 2. The summed E-state index contributed by atoms with van der Waals surface area (Å²) in [5, 5.41) is 18.7. The molecule has 3 atom stereocenters. The summed E-state index contributed by atoms with van der Waals surface area (Å²) in [5.41, 5.74) is 3.82. The molecule has 0 aromatic heterocycles. The number of hydrogen-bond acceptors (Lipinski definition) is 7. The van der Waals surface area contributed by atoms with Gasteiger partial charge in [-0.2, -0.15) is 0 Å². The van der Waals surface area contributed by atoms with Crippen LogP contribution in [-0.2, 0) is 16.1 Å². The van der Waals surface area contributed by atoms with Crippen molar-refractivity contribution in [1.29, 1.82) is 0 Å². The first-order chi connectivity index (χ1) is 20.4. The molecule has 2 aliphatic heterocycles. The lowest BCUT2D eigenvalue weighted by molar-refractivity contribution is -0.245. The number of benzene rings is 4. The van der Waals surface area contributed by atoms with E-state index >= 15 is 0 Å². The summed E-state index contributed by atoms with van der Waals surface area (Å²) < 4.78 is 12.9. The molecule has 2 N–H and O–H groups in total. The van der Waals surface area contributed by atoms with Crippen molar-refractivity contribution >= 4 is 35.2 Å². The number of carbonyl (C=O) groups excluding carboxylic acids is 2. The van der Waals surface area contributed by atoms with E-state index in [0.29, 0.717) is 34.6 Å². The van der Waals surface area contributed by atoms with Gasteiger partial charge in [0, 0.05) is 22.6 Å². The summed E-state index contributed by atoms with van der Waals surface area (Å²) in [6.07, 6.45) is -0.720. The van der Waals surface area contributed by atoms with E-state index in [1.54, 1.807) is 78.5 Å². The predicted octanol–water partition coefficient (Wildman–Crippen LogP) is 6.02. The normalized spacial score (nSPS) is 20.0. The Labute approximate surface area is 246 Å². The molecule has 0 spiro atoms. The van der Waals surface area contributed by atoms with E-state index in [4.69, 9.17) is 9.47 Å². The Kier molecular flexibility index (Phi) is 7.90. The molecule has 0 saturated carbocycles. The lowest BCUT2D eigenvalue weighted by Gasteiger charge is -2.36. The highest BCUT2D eigenvalue weighted by atomic mass is 32.2. The molecule has 212 valence electrons. The average molecular weight is 582 g/mol. The number of fused-ring (bicyclic) bond motifs is 1. The van der Waals surface area contributed by atoms with Gasteiger partial charge in [-0.05, 0) is 59.7 Å². The van der Waals surface area contributed by atoms with Crippen molar-refractivity contribution in [2.75, 3.05) is 10.7 Å². The van der Waals surface area contributed by atoms with Crippen LogP contribution < -0.4 is 4.90 Å². The maximum Gasteiger partial charge on any atom is 0.335 e. The van der Waals surface area contributed by atoms with Gasteiger partial charge in [-0.25, -0.2) is 9.69 Å². The number of aromatic carboxylic acids is 1. The number of carbonyl (C=O) groups is 3. The summed E-state index contributed by atoms with van der Waals surface area (Å²) in [7, 11) is 0. The molecule has 8 nitrogen and oxygen atoms in total. The summed E-state index contributed by atoms with van der Waals surface area (Å²) in [6, 6.07) is 28.2. The van der Waals surface area contributed by atoms with Crippen LogP contribution in [0.25, 0.3) is 0 Å². The minimum atomic E-state index is -0.972. The molecular weight excluding hydrogens is 554 g/mol. The SMILES string of the molecule is O=C(O)c1ccc(SC[C@@H]2C[C@H](c3ccc(CO)cc3)O[C@H](c3cccc(N4C(=O)c5ccccc5C4=O)c3)O2)cc1. The van der Waals surface area contributed by atoms with Gasteiger partial charge >= 0.3 is 5.97 Å². The first-order valence-electron chi connectivity index (χ1n) is 13.5. The second-order valence-electron chi connectivity index (χ2n) is 10.1. The van der Waals surface area contributed by atoms with Gasteiger partial charge in [0.15, 0.2) is 6.29 Å². The number of carboxylic acids is 1. The Morgan fingerprint density at radius 3 is 2.17 bits per heavy atom. The third-order valence-electron chi connectivity index (χ3n) is 7.35. The van der Waals surface area contributed by atoms with Crippen LogP contribution in [0.3, 0.4) is 0 Å². The molecule has 0 bridgehead atoms. The van der Waals surface area contributed by atoms with Gasteiger partial charge in [0.1, 0.15) is 0 Å². The van der Waals surface area contributed by atoms with Crippen molar-refractivity contribution in [1.82, 2.24) is 0 Å².